The molecule has 2 aromatic carbocycles. The summed E-state index contributed by atoms with van der Waals surface area (Å²) in [5, 5.41) is 0. The van der Waals surface area contributed by atoms with Crippen LogP contribution in [0.15, 0.2) is 42.5 Å². The summed E-state index contributed by atoms with van der Waals surface area (Å²) in [4.78, 5) is 2.65. The molecular weight excluding hydrogens is 310 g/mol. The lowest BCUT2D eigenvalue weighted by atomic mass is 9.86. The fourth-order valence-corrected chi connectivity index (χ4v) is 3.97. The molecule has 0 amide bonds. The summed E-state index contributed by atoms with van der Waals surface area (Å²) in [5.41, 5.74) is 4.13. The molecule has 0 spiro atoms. The number of benzene rings is 2. The lowest BCUT2D eigenvalue weighted by Gasteiger charge is -2.36. The van der Waals surface area contributed by atoms with Crippen LogP contribution >= 0.6 is 0 Å². The zero-order valence-electron chi connectivity index (χ0n) is 15.6. The maximum Gasteiger partial charge on any atom is 0.164 e. The predicted molar refractivity (Wildman–Crippen MR) is 103 cm³/mol. The fraction of sp³-hybridized carbons (Fsp3) is 0.455. The molecule has 1 aliphatic rings. The molecule has 0 aliphatic heterocycles. The third-order valence-electron chi connectivity index (χ3n) is 5.18. The van der Waals surface area contributed by atoms with Crippen molar-refractivity contribution in [1.29, 1.82) is 0 Å². The Morgan fingerprint density at radius 2 is 1.84 bits per heavy atom. The van der Waals surface area contributed by atoms with E-state index in [4.69, 9.17) is 9.47 Å². The van der Waals surface area contributed by atoms with Crippen LogP contribution in [0.1, 0.15) is 36.5 Å². The topological polar surface area (TPSA) is 21.7 Å². The minimum absolute atomic E-state index is 0.589. The molecule has 3 rings (SSSR count). The highest BCUT2D eigenvalue weighted by atomic mass is 16.5. The van der Waals surface area contributed by atoms with Gasteiger partial charge in [-0.3, -0.25) is 4.90 Å². The number of hydrogen-bond acceptors (Lipinski definition) is 3. The number of nitrogens with zero attached hydrogens (tertiary/aromatic N) is 1. The monoisotopic (exact) mass is 339 g/mol. The lowest BCUT2D eigenvalue weighted by molar-refractivity contribution is 0.170. The van der Waals surface area contributed by atoms with E-state index < -0.39 is 0 Å². The van der Waals surface area contributed by atoms with E-state index in [1.165, 1.54) is 29.5 Å². The van der Waals surface area contributed by atoms with Crippen molar-refractivity contribution in [3.05, 3.63) is 59.2 Å². The molecule has 3 nitrogen and oxygen atoms in total. The third-order valence-corrected chi connectivity index (χ3v) is 5.18. The van der Waals surface area contributed by atoms with E-state index in [1.807, 2.05) is 6.07 Å². The molecule has 1 aliphatic carbocycles. The van der Waals surface area contributed by atoms with Gasteiger partial charge in [0, 0.05) is 18.2 Å². The molecule has 1 atom stereocenters. The average Bonchev–Trinajstić information content (AvgIpc) is 2.67. The molecule has 3 heteroatoms. The molecule has 0 saturated carbocycles. The van der Waals surface area contributed by atoms with Crippen LogP contribution in [0.2, 0.25) is 0 Å². The second-order valence-electron chi connectivity index (χ2n) is 6.79. The highest BCUT2D eigenvalue weighted by Crippen LogP contribution is 2.38. The molecule has 0 radical (unpaired) electrons. The Balaban J connectivity index is 1.80. The van der Waals surface area contributed by atoms with E-state index in [0.29, 0.717) is 6.04 Å². The first-order chi connectivity index (χ1) is 12.3. The Labute approximate surface area is 151 Å². The smallest absolute Gasteiger partial charge is 0.164 e. The summed E-state index contributed by atoms with van der Waals surface area (Å²) in [6.07, 6.45) is 4.49. The van der Waals surface area contributed by atoms with E-state index in [2.05, 4.69) is 48.2 Å². The Bertz CT molecular complexity index is 684. The van der Waals surface area contributed by atoms with Crippen LogP contribution in [-0.4, -0.2) is 31.7 Å². The first kappa shape index (κ1) is 17.8. The van der Waals surface area contributed by atoms with E-state index in [1.54, 1.807) is 14.2 Å². The first-order valence-corrected chi connectivity index (χ1v) is 9.27. The van der Waals surface area contributed by atoms with Crippen molar-refractivity contribution in [2.24, 2.45) is 0 Å². The number of fused-ring (bicyclic) bond motifs is 1. The largest absolute Gasteiger partial charge is 0.493 e. The second kappa shape index (κ2) is 8.39. The summed E-state index contributed by atoms with van der Waals surface area (Å²) in [7, 11) is 3.45. The normalized spacial score (nSPS) is 16.6. The zero-order chi connectivity index (χ0) is 17.6. The van der Waals surface area contributed by atoms with Crippen molar-refractivity contribution in [2.45, 2.75) is 45.2 Å². The Hall–Kier alpha value is -2.00. The van der Waals surface area contributed by atoms with Crippen molar-refractivity contribution in [3.63, 3.8) is 0 Å². The minimum Gasteiger partial charge on any atom is -0.493 e. The van der Waals surface area contributed by atoms with Crippen molar-refractivity contribution >= 4 is 0 Å². The molecule has 0 bridgehead atoms. The molecule has 0 unspecified atom stereocenters. The third kappa shape index (κ3) is 3.98. The number of rotatable bonds is 7. The highest BCUT2D eigenvalue weighted by molar-refractivity contribution is 5.52. The van der Waals surface area contributed by atoms with Gasteiger partial charge >= 0.3 is 0 Å². The van der Waals surface area contributed by atoms with Gasteiger partial charge < -0.3 is 9.47 Å². The van der Waals surface area contributed by atoms with Gasteiger partial charge in [0.05, 0.1) is 14.2 Å². The van der Waals surface area contributed by atoms with Crippen molar-refractivity contribution in [3.8, 4) is 11.5 Å². The van der Waals surface area contributed by atoms with Gasteiger partial charge in [0.25, 0.3) is 0 Å². The van der Waals surface area contributed by atoms with Crippen molar-refractivity contribution < 1.29 is 9.47 Å². The van der Waals surface area contributed by atoms with Gasteiger partial charge in [-0.1, -0.05) is 43.3 Å². The van der Waals surface area contributed by atoms with Gasteiger partial charge in [0.2, 0.25) is 0 Å². The van der Waals surface area contributed by atoms with E-state index in [9.17, 15) is 0 Å². The summed E-state index contributed by atoms with van der Waals surface area (Å²) in [5.74, 6) is 1.76. The minimum atomic E-state index is 0.589. The average molecular weight is 339 g/mol. The second-order valence-corrected chi connectivity index (χ2v) is 6.79. The SMILES string of the molecule is CCCN(Cc1ccccc1)[C@H]1CCc2c(ccc(OC)c2OC)C1. The fourth-order valence-electron chi connectivity index (χ4n) is 3.97. The van der Waals surface area contributed by atoms with E-state index in [0.717, 1.165) is 37.4 Å². The number of ether oxygens (including phenoxy) is 2. The van der Waals surface area contributed by atoms with E-state index in [-0.39, 0.29) is 0 Å². The highest BCUT2D eigenvalue weighted by Gasteiger charge is 2.27. The van der Waals surface area contributed by atoms with Crippen molar-refractivity contribution in [1.82, 2.24) is 4.90 Å². The molecule has 0 aromatic heterocycles. The maximum atomic E-state index is 5.63. The Kier molecular flexibility index (Phi) is 5.98. The van der Waals surface area contributed by atoms with Gasteiger partial charge in [0.15, 0.2) is 11.5 Å². The van der Waals surface area contributed by atoms with E-state index >= 15 is 0 Å². The molecule has 0 saturated heterocycles. The maximum absolute atomic E-state index is 5.63. The number of hydrogen-bond donors (Lipinski definition) is 0. The van der Waals surface area contributed by atoms with Crippen LogP contribution in [0.25, 0.3) is 0 Å². The summed E-state index contributed by atoms with van der Waals surface area (Å²) in [6, 6.07) is 15.7. The lowest BCUT2D eigenvalue weighted by Crippen LogP contribution is -2.39. The number of methoxy groups -OCH3 is 2. The van der Waals surface area contributed by atoms with Gasteiger partial charge in [-0.25, -0.2) is 0 Å². The van der Waals surface area contributed by atoms with Gasteiger partial charge in [-0.05, 0) is 49.4 Å². The first-order valence-electron chi connectivity index (χ1n) is 9.27. The molecule has 134 valence electrons. The van der Waals surface area contributed by atoms with Crippen LogP contribution in [-0.2, 0) is 19.4 Å². The van der Waals surface area contributed by atoms with Crippen LogP contribution in [0, 0.1) is 0 Å². The quantitative estimate of drug-likeness (QED) is 0.743. The van der Waals surface area contributed by atoms with Gasteiger partial charge in [0.1, 0.15) is 0 Å². The van der Waals surface area contributed by atoms with Crippen molar-refractivity contribution in [2.75, 3.05) is 20.8 Å². The van der Waals surface area contributed by atoms with Crippen LogP contribution in [0.4, 0.5) is 0 Å². The molecule has 2 aromatic rings. The predicted octanol–water partition coefficient (Wildman–Crippen LogP) is 4.47. The molecule has 25 heavy (non-hydrogen) atoms. The standard InChI is InChI=1S/C22H29NO2/c1-4-14-23(16-17-8-6-5-7-9-17)19-11-12-20-18(15-19)10-13-21(24-2)22(20)25-3/h5-10,13,19H,4,11-12,14-16H2,1-3H3/t19-/m0/s1. The van der Waals surface area contributed by atoms with Crippen LogP contribution in [0.3, 0.4) is 0 Å². The molecule has 0 fully saturated rings. The van der Waals surface area contributed by atoms with Gasteiger partial charge in [-0.15, -0.1) is 0 Å². The Morgan fingerprint density at radius 1 is 1.04 bits per heavy atom. The van der Waals surface area contributed by atoms with Crippen LogP contribution in [0.5, 0.6) is 11.5 Å². The summed E-state index contributed by atoms with van der Waals surface area (Å²) in [6.45, 7) is 4.44. The summed E-state index contributed by atoms with van der Waals surface area (Å²) < 4.78 is 11.1. The molecular formula is C22H29NO2. The van der Waals surface area contributed by atoms with Gasteiger partial charge in [-0.2, -0.15) is 0 Å². The molecule has 0 heterocycles. The van der Waals surface area contributed by atoms with Crippen LogP contribution < -0.4 is 9.47 Å². The molecule has 0 N–H and O–H groups in total. The Morgan fingerprint density at radius 3 is 2.52 bits per heavy atom. The summed E-state index contributed by atoms with van der Waals surface area (Å²) >= 11 is 0. The zero-order valence-corrected chi connectivity index (χ0v) is 15.6.